The molecule has 0 unspecified atom stereocenters. The van der Waals surface area contributed by atoms with Crippen LogP contribution < -0.4 is 5.73 Å². The highest BCUT2D eigenvalue weighted by molar-refractivity contribution is 7.99. The number of nitrogens with two attached hydrogens (primary N) is 1. The van der Waals surface area contributed by atoms with Gasteiger partial charge in [0.25, 0.3) is 0 Å². The third-order valence-corrected chi connectivity index (χ3v) is 2.33. The van der Waals surface area contributed by atoms with Gasteiger partial charge in [-0.2, -0.15) is 11.8 Å². The molecule has 0 aliphatic heterocycles. The van der Waals surface area contributed by atoms with Crippen molar-refractivity contribution in [2.24, 2.45) is 5.73 Å². The first-order valence-corrected chi connectivity index (χ1v) is 5.17. The molecule has 74 valence electrons. The summed E-state index contributed by atoms with van der Waals surface area (Å²) in [6, 6.07) is -0.726. The Morgan fingerprint density at radius 3 is 2.92 bits per heavy atom. The molecule has 0 fully saturated rings. The van der Waals surface area contributed by atoms with Gasteiger partial charge in [-0.25, -0.2) is 0 Å². The van der Waals surface area contributed by atoms with E-state index in [2.05, 4.69) is 6.58 Å². The molecule has 0 amide bonds. The number of thioether (sulfide) groups is 1. The SMILES string of the molecule is C=C/C=C/CSCC[C@H](N)C(=O)O. The van der Waals surface area contributed by atoms with Crippen molar-refractivity contribution in [3.05, 3.63) is 24.8 Å². The molecule has 0 spiro atoms. The van der Waals surface area contributed by atoms with Crippen LogP contribution in [0, 0.1) is 0 Å². The van der Waals surface area contributed by atoms with Gasteiger partial charge in [0.1, 0.15) is 6.04 Å². The van der Waals surface area contributed by atoms with E-state index in [0.717, 1.165) is 11.5 Å². The van der Waals surface area contributed by atoms with Gasteiger partial charge in [0.05, 0.1) is 0 Å². The first-order chi connectivity index (χ1) is 6.18. The van der Waals surface area contributed by atoms with Crippen LogP contribution in [0.25, 0.3) is 0 Å². The van der Waals surface area contributed by atoms with Gasteiger partial charge in [0, 0.05) is 5.75 Å². The first-order valence-electron chi connectivity index (χ1n) is 4.02. The third kappa shape index (κ3) is 7.62. The van der Waals surface area contributed by atoms with Gasteiger partial charge in [-0.3, -0.25) is 4.79 Å². The fourth-order valence-electron chi connectivity index (χ4n) is 0.637. The second-order valence-corrected chi connectivity index (χ2v) is 3.62. The van der Waals surface area contributed by atoms with E-state index in [4.69, 9.17) is 10.8 Å². The highest BCUT2D eigenvalue weighted by Crippen LogP contribution is 2.04. The van der Waals surface area contributed by atoms with Crippen LogP contribution in [0.4, 0.5) is 0 Å². The van der Waals surface area contributed by atoms with Crippen molar-refractivity contribution in [3.63, 3.8) is 0 Å². The zero-order valence-corrected chi connectivity index (χ0v) is 8.30. The van der Waals surface area contributed by atoms with E-state index in [1.54, 1.807) is 17.8 Å². The fraction of sp³-hybridized carbons (Fsp3) is 0.444. The lowest BCUT2D eigenvalue weighted by Crippen LogP contribution is -2.30. The number of carbonyl (C=O) groups is 1. The van der Waals surface area contributed by atoms with Crippen molar-refractivity contribution in [2.45, 2.75) is 12.5 Å². The van der Waals surface area contributed by atoms with Crippen LogP contribution in [0.5, 0.6) is 0 Å². The van der Waals surface area contributed by atoms with E-state index in [0.29, 0.717) is 6.42 Å². The molecular formula is C9H15NO2S. The molecule has 0 aliphatic rings. The van der Waals surface area contributed by atoms with Crippen LogP contribution in [0.2, 0.25) is 0 Å². The molecule has 0 aromatic carbocycles. The van der Waals surface area contributed by atoms with Crippen LogP contribution in [0.1, 0.15) is 6.42 Å². The van der Waals surface area contributed by atoms with Crippen LogP contribution >= 0.6 is 11.8 Å². The molecule has 4 heteroatoms. The quantitative estimate of drug-likeness (QED) is 0.481. The summed E-state index contributed by atoms with van der Waals surface area (Å²) in [6.07, 6.45) is 6.07. The zero-order chi connectivity index (χ0) is 10.1. The fourth-order valence-corrected chi connectivity index (χ4v) is 1.47. The molecule has 0 saturated heterocycles. The summed E-state index contributed by atoms with van der Waals surface area (Å²) in [6.45, 7) is 3.54. The Morgan fingerprint density at radius 2 is 2.38 bits per heavy atom. The van der Waals surface area contributed by atoms with Crippen molar-refractivity contribution in [1.82, 2.24) is 0 Å². The van der Waals surface area contributed by atoms with Crippen molar-refractivity contribution >= 4 is 17.7 Å². The Hall–Kier alpha value is -0.740. The van der Waals surface area contributed by atoms with Gasteiger partial charge in [-0.15, -0.1) is 0 Å². The maximum Gasteiger partial charge on any atom is 0.320 e. The number of hydrogen-bond donors (Lipinski definition) is 2. The van der Waals surface area contributed by atoms with E-state index in [9.17, 15) is 4.79 Å². The minimum atomic E-state index is -0.928. The lowest BCUT2D eigenvalue weighted by atomic mass is 10.2. The number of hydrogen-bond acceptors (Lipinski definition) is 3. The molecule has 0 radical (unpaired) electrons. The largest absolute Gasteiger partial charge is 0.480 e. The predicted molar refractivity (Wildman–Crippen MR) is 56.9 cm³/mol. The topological polar surface area (TPSA) is 63.3 Å². The summed E-state index contributed by atoms with van der Waals surface area (Å²) in [4.78, 5) is 10.3. The molecule has 0 aliphatic carbocycles. The van der Waals surface area contributed by atoms with Crippen LogP contribution in [0.3, 0.4) is 0 Å². The standard InChI is InChI=1S/C9H15NO2S/c1-2-3-4-6-13-7-5-8(10)9(11)12/h2-4,8H,1,5-7,10H2,(H,11,12)/b4-3+/t8-/m0/s1. The van der Waals surface area contributed by atoms with E-state index < -0.39 is 12.0 Å². The highest BCUT2D eigenvalue weighted by Gasteiger charge is 2.09. The van der Waals surface area contributed by atoms with E-state index in [1.165, 1.54) is 0 Å². The Balaban J connectivity index is 3.30. The summed E-state index contributed by atoms with van der Waals surface area (Å²) >= 11 is 1.66. The number of allylic oxidation sites excluding steroid dienone is 2. The lowest BCUT2D eigenvalue weighted by Gasteiger charge is -2.03. The second kappa shape index (κ2) is 7.89. The minimum Gasteiger partial charge on any atom is -0.480 e. The van der Waals surface area contributed by atoms with Crippen molar-refractivity contribution in [2.75, 3.05) is 11.5 Å². The van der Waals surface area contributed by atoms with Gasteiger partial charge in [-0.1, -0.05) is 24.8 Å². The van der Waals surface area contributed by atoms with Gasteiger partial charge < -0.3 is 10.8 Å². The smallest absolute Gasteiger partial charge is 0.320 e. The van der Waals surface area contributed by atoms with Gasteiger partial charge in [-0.05, 0) is 12.2 Å². The summed E-state index contributed by atoms with van der Waals surface area (Å²) in [7, 11) is 0. The molecule has 1 atom stereocenters. The molecule has 0 rings (SSSR count). The molecule has 0 bridgehead atoms. The summed E-state index contributed by atoms with van der Waals surface area (Å²) < 4.78 is 0. The summed E-state index contributed by atoms with van der Waals surface area (Å²) in [5.74, 6) is 0.718. The molecule has 0 saturated carbocycles. The number of carboxylic acids is 1. The minimum absolute atomic E-state index is 0.516. The molecule has 0 aromatic rings. The molecule has 3 N–H and O–H groups in total. The van der Waals surface area contributed by atoms with Crippen LogP contribution in [-0.4, -0.2) is 28.6 Å². The Labute approximate surface area is 82.7 Å². The monoisotopic (exact) mass is 201 g/mol. The van der Waals surface area contributed by atoms with E-state index >= 15 is 0 Å². The van der Waals surface area contributed by atoms with E-state index in [-0.39, 0.29) is 0 Å². The summed E-state index contributed by atoms with van der Waals surface area (Å²) in [5, 5.41) is 8.46. The normalized spacial score (nSPS) is 13.0. The van der Waals surface area contributed by atoms with Crippen LogP contribution in [0.15, 0.2) is 24.8 Å². The van der Waals surface area contributed by atoms with Gasteiger partial charge >= 0.3 is 5.97 Å². The molecule has 0 heterocycles. The van der Waals surface area contributed by atoms with Gasteiger partial charge in [0.15, 0.2) is 0 Å². The molecular weight excluding hydrogens is 186 g/mol. The first kappa shape index (κ1) is 12.3. The molecule has 0 aromatic heterocycles. The average Bonchev–Trinajstić information content (AvgIpc) is 2.10. The Morgan fingerprint density at radius 1 is 1.69 bits per heavy atom. The maximum atomic E-state index is 10.3. The average molecular weight is 201 g/mol. The number of carboxylic acid groups (broad SMARTS) is 1. The number of aliphatic carboxylic acids is 1. The molecule has 13 heavy (non-hydrogen) atoms. The van der Waals surface area contributed by atoms with Crippen molar-refractivity contribution < 1.29 is 9.90 Å². The highest BCUT2D eigenvalue weighted by atomic mass is 32.2. The third-order valence-electron chi connectivity index (χ3n) is 1.38. The van der Waals surface area contributed by atoms with Gasteiger partial charge in [0.2, 0.25) is 0 Å². The van der Waals surface area contributed by atoms with Crippen molar-refractivity contribution in [1.29, 1.82) is 0 Å². The maximum absolute atomic E-state index is 10.3. The lowest BCUT2D eigenvalue weighted by molar-refractivity contribution is -0.138. The Bertz CT molecular complexity index is 192. The number of rotatable bonds is 7. The second-order valence-electron chi connectivity index (χ2n) is 2.47. The predicted octanol–water partition coefficient (Wildman–Crippen LogP) is 1.26. The Kier molecular flexibility index (Phi) is 7.44. The molecule has 3 nitrogen and oxygen atoms in total. The van der Waals surface area contributed by atoms with Crippen LogP contribution in [-0.2, 0) is 4.79 Å². The summed E-state index contributed by atoms with van der Waals surface area (Å²) in [5.41, 5.74) is 5.31. The van der Waals surface area contributed by atoms with E-state index in [1.807, 2.05) is 12.2 Å². The zero-order valence-electron chi connectivity index (χ0n) is 7.48. The van der Waals surface area contributed by atoms with Crippen molar-refractivity contribution in [3.8, 4) is 0 Å².